The van der Waals surface area contributed by atoms with Gasteiger partial charge in [-0.2, -0.15) is 12.7 Å². The second-order valence-corrected chi connectivity index (χ2v) is 4.92. The number of methoxy groups -OCH3 is 1. The van der Waals surface area contributed by atoms with E-state index in [-0.39, 0.29) is 6.54 Å². The zero-order valence-corrected chi connectivity index (χ0v) is 9.16. The number of hydrogen-bond donors (Lipinski definition) is 2. The highest BCUT2D eigenvalue weighted by atomic mass is 32.2. The molecule has 1 heterocycles. The third-order valence-corrected chi connectivity index (χ3v) is 3.53. The van der Waals surface area contributed by atoms with Crippen molar-refractivity contribution in [3.8, 4) is 0 Å². The molecule has 15 heavy (non-hydrogen) atoms. The first-order chi connectivity index (χ1) is 6.95. The molecule has 0 spiro atoms. The number of rotatable bonds is 2. The maximum atomic E-state index is 11.5. The van der Waals surface area contributed by atoms with E-state index in [0.29, 0.717) is 19.4 Å². The number of nitrogens with one attached hydrogen (secondary N) is 1. The van der Waals surface area contributed by atoms with Crippen LogP contribution in [0.4, 0.5) is 4.79 Å². The normalized spacial score (nSPS) is 23.5. The van der Waals surface area contributed by atoms with Gasteiger partial charge >= 0.3 is 16.3 Å². The fraction of sp³-hybridized carbons (Fsp3) is 0.857. The molecule has 1 aliphatic heterocycles. The van der Waals surface area contributed by atoms with E-state index in [1.165, 1.54) is 0 Å². The molecule has 88 valence electrons. The zero-order chi connectivity index (χ0) is 11.5. The fourth-order valence-corrected chi connectivity index (χ4v) is 2.51. The Morgan fingerprint density at radius 2 is 2.27 bits per heavy atom. The van der Waals surface area contributed by atoms with Crippen molar-refractivity contribution < 1.29 is 23.1 Å². The highest BCUT2D eigenvalue weighted by Crippen LogP contribution is 2.12. The number of carbonyl (C=O) groups excluding carboxylic acids is 1. The monoisotopic (exact) mass is 238 g/mol. The fourth-order valence-electron chi connectivity index (χ4n) is 1.35. The number of amides is 1. The second-order valence-electron chi connectivity index (χ2n) is 3.25. The van der Waals surface area contributed by atoms with Crippen LogP contribution in [0.2, 0.25) is 0 Å². The van der Waals surface area contributed by atoms with Crippen molar-refractivity contribution in [3.05, 3.63) is 0 Å². The lowest BCUT2D eigenvalue weighted by Crippen LogP contribution is -2.49. The van der Waals surface area contributed by atoms with E-state index in [2.05, 4.69) is 4.74 Å². The molecule has 1 unspecified atom stereocenters. The Hall–Kier alpha value is -0.860. The molecule has 0 aromatic rings. The molecule has 1 saturated heterocycles. The minimum atomic E-state index is -3.88. The Labute approximate surface area is 88.2 Å². The van der Waals surface area contributed by atoms with Gasteiger partial charge in [-0.05, 0) is 12.8 Å². The van der Waals surface area contributed by atoms with Crippen LogP contribution in [0.25, 0.3) is 0 Å². The molecule has 2 N–H and O–H groups in total. The molecular weight excluding hydrogens is 224 g/mol. The summed E-state index contributed by atoms with van der Waals surface area (Å²) in [7, 11) is -2.80. The van der Waals surface area contributed by atoms with Crippen LogP contribution in [0.15, 0.2) is 0 Å². The van der Waals surface area contributed by atoms with E-state index >= 15 is 0 Å². The first-order valence-corrected chi connectivity index (χ1v) is 5.93. The van der Waals surface area contributed by atoms with E-state index < -0.39 is 22.4 Å². The molecule has 0 saturated carbocycles. The van der Waals surface area contributed by atoms with E-state index in [4.69, 9.17) is 0 Å². The van der Waals surface area contributed by atoms with Gasteiger partial charge in [-0.1, -0.05) is 0 Å². The van der Waals surface area contributed by atoms with Gasteiger partial charge in [0.2, 0.25) is 0 Å². The Kier molecular flexibility index (Phi) is 3.89. The standard InChI is InChI=1S/C7H14N2O5S/c1-14-7(11)8-15(12,13)9-4-2-3-6(10)5-9/h6,10H,2-5H2,1H3,(H,8,11). The van der Waals surface area contributed by atoms with Gasteiger partial charge in [-0.15, -0.1) is 0 Å². The summed E-state index contributed by atoms with van der Waals surface area (Å²) in [4.78, 5) is 10.7. The van der Waals surface area contributed by atoms with Gasteiger partial charge in [0.25, 0.3) is 0 Å². The van der Waals surface area contributed by atoms with Gasteiger partial charge in [0.15, 0.2) is 0 Å². The number of aliphatic hydroxyl groups is 1. The molecule has 1 amide bonds. The summed E-state index contributed by atoms with van der Waals surface area (Å²) in [6.45, 7) is 0.301. The Morgan fingerprint density at radius 1 is 1.60 bits per heavy atom. The Morgan fingerprint density at radius 3 is 2.80 bits per heavy atom. The smallest absolute Gasteiger partial charge is 0.421 e. The maximum absolute atomic E-state index is 11.5. The van der Waals surface area contributed by atoms with Gasteiger partial charge in [-0.25, -0.2) is 9.52 Å². The van der Waals surface area contributed by atoms with Crippen LogP contribution in [0.5, 0.6) is 0 Å². The van der Waals surface area contributed by atoms with Crippen LogP contribution < -0.4 is 4.72 Å². The molecule has 0 bridgehead atoms. The summed E-state index contributed by atoms with van der Waals surface area (Å²) < 4.78 is 29.9. The third kappa shape index (κ3) is 3.33. The third-order valence-electron chi connectivity index (χ3n) is 2.10. The maximum Gasteiger partial charge on any atom is 0.421 e. The van der Waals surface area contributed by atoms with Gasteiger partial charge < -0.3 is 9.84 Å². The number of carbonyl (C=O) groups is 1. The van der Waals surface area contributed by atoms with E-state index in [1.54, 1.807) is 4.72 Å². The molecule has 1 aliphatic rings. The van der Waals surface area contributed by atoms with Crippen LogP contribution >= 0.6 is 0 Å². The van der Waals surface area contributed by atoms with Crippen LogP contribution in [0, 0.1) is 0 Å². The van der Waals surface area contributed by atoms with Crippen molar-refractivity contribution in [2.45, 2.75) is 18.9 Å². The van der Waals surface area contributed by atoms with Crippen LogP contribution in [-0.4, -0.2) is 50.2 Å². The van der Waals surface area contributed by atoms with Crippen molar-refractivity contribution in [3.63, 3.8) is 0 Å². The van der Waals surface area contributed by atoms with E-state index in [1.807, 2.05) is 0 Å². The predicted molar refractivity (Wildman–Crippen MR) is 51.3 cm³/mol. The zero-order valence-electron chi connectivity index (χ0n) is 8.34. The first-order valence-electron chi connectivity index (χ1n) is 4.49. The lowest BCUT2D eigenvalue weighted by Gasteiger charge is -2.28. The molecule has 1 rings (SSSR count). The van der Waals surface area contributed by atoms with E-state index in [9.17, 15) is 18.3 Å². The highest BCUT2D eigenvalue weighted by molar-refractivity contribution is 7.87. The second kappa shape index (κ2) is 4.77. The summed E-state index contributed by atoms with van der Waals surface area (Å²) in [5, 5.41) is 9.28. The summed E-state index contributed by atoms with van der Waals surface area (Å²) in [5.74, 6) is 0. The average molecular weight is 238 g/mol. The summed E-state index contributed by atoms with van der Waals surface area (Å²) in [6.07, 6.45) is -0.559. The Bertz CT molecular complexity index is 328. The van der Waals surface area contributed by atoms with Crippen LogP contribution in [-0.2, 0) is 14.9 Å². The largest absolute Gasteiger partial charge is 0.452 e. The lowest BCUT2D eigenvalue weighted by molar-refractivity contribution is 0.107. The first kappa shape index (κ1) is 12.2. The Balaban J connectivity index is 2.64. The number of nitrogens with zero attached hydrogens (tertiary/aromatic N) is 1. The van der Waals surface area contributed by atoms with Crippen LogP contribution in [0.1, 0.15) is 12.8 Å². The molecule has 0 radical (unpaired) electrons. The number of hydrogen-bond acceptors (Lipinski definition) is 5. The minimum absolute atomic E-state index is 0.00628. The van der Waals surface area contributed by atoms with E-state index in [0.717, 1.165) is 11.4 Å². The number of piperidine rings is 1. The molecule has 0 aliphatic carbocycles. The SMILES string of the molecule is COC(=O)NS(=O)(=O)N1CCCC(O)C1. The molecule has 8 heteroatoms. The molecule has 1 atom stereocenters. The molecule has 0 aromatic carbocycles. The van der Waals surface area contributed by atoms with Crippen molar-refractivity contribution in [1.29, 1.82) is 0 Å². The molecule has 0 aromatic heterocycles. The topological polar surface area (TPSA) is 95.9 Å². The van der Waals surface area contributed by atoms with Gasteiger partial charge in [0.05, 0.1) is 13.2 Å². The average Bonchev–Trinajstić information content (AvgIpc) is 2.17. The summed E-state index contributed by atoms with van der Waals surface area (Å²) in [5.41, 5.74) is 0. The van der Waals surface area contributed by atoms with Crippen molar-refractivity contribution in [2.75, 3.05) is 20.2 Å². The quantitative estimate of drug-likeness (QED) is 0.646. The summed E-state index contributed by atoms with van der Waals surface area (Å²) >= 11 is 0. The molecular formula is C7H14N2O5S. The van der Waals surface area contributed by atoms with Crippen molar-refractivity contribution >= 4 is 16.3 Å². The lowest BCUT2D eigenvalue weighted by atomic mass is 10.1. The van der Waals surface area contributed by atoms with Gasteiger partial charge in [0, 0.05) is 13.1 Å². The minimum Gasteiger partial charge on any atom is -0.452 e. The number of aliphatic hydroxyl groups excluding tert-OH is 1. The van der Waals surface area contributed by atoms with Gasteiger partial charge in [0.1, 0.15) is 0 Å². The molecule has 7 nitrogen and oxygen atoms in total. The van der Waals surface area contributed by atoms with Crippen molar-refractivity contribution in [2.24, 2.45) is 0 Å². The highest BCUT2D eigenvalue weighted by Gasteiger charge is 2.29. The van der Waals surface area contributed by atoms with Gasteiger partial charge in [-0.3, -0.25) is 0 Å². The predicted octanol–water partition coefficient (Wildman–Crippen LogP) is -0.956. The number of β-amino-alcohol motifs (C(OH)–C–C–N with tert-alkyl or cyclic N) is 1. The van der Waals surface area contributed by atoms with Crippen molar-refractivity contribution in [1.82, 2.24) is 9.03 Å². The summed E-state index contributed by atoms with van der Waals surface area (Å²) in [6, 6.07) is 0. The number of ether oxygens (including phenoxy) is 1. The van der Waals surface area contributed by atoms with Crippen LogP contribution in [0.3, 0.4) is 0 Å². The molecule has 1 fully saturated rings.